The molecular formula is C51H82N3O14P. The number of amides is 1. The number of hydrogen-bond donors (Lipinski definition) is 4. The minimum atomic E-state index is -3.79. The standard InChI is InChI=1S/C51H82N3O14P/c1-30-16-12-11-13-17-31(2)42(63-8)28-38-21-19-36(7)51(61,67-38)48(58)49(59)54-23-15-14-18-39(54)50(60)66-43(33(4)26-37-20-22-41(44(27-37)64-9)68-69(52,53)62)29-40(55)32(3)25-35(6)46(57)47(65-10)45(56)34(5)24-30/h11-13,16-17,25,30,32-34,36-39,41-44,46-47,57,61H,14-15,18-24,26-29H2,1-10H3,(H4,52,53,62)/b13-11?,16-12+,31-17?,35-25+/t30-,32-,33-,34-,36-,37+,38+,39?,41-,42+,43+,44-,46-,47+,51-/m1/s1. The van der Waals surface area contributed by atoms with Gasteiger partial charge in [-0.2, -0.15) is 0 Å². The second-order valence-electron chi connectivity index (χ2n) is 20.3. The summed E-state index contributed by atoms with van der Waals surface area (Å²) in [6, 6.07) is -1.18. The lowest BCUT2D eigenvalue weighted by atomic mass is 9.78. The van der Waals surface area contributed by atoms with Crippen molar-refractivity contribution in [2.45, 2.75) is 180 Å². The number of esters is 1. The van der Waals surface area contributed by atoms with Crippen LogP contribution in [-0.2, 0) is 56.7 Å². The van der Waals surface area contributed by atoms with Crippen LogP contribution in [0, 0.1) is 35.5 Å². The topological polar surface area (TPSA) is 254 Å². The fraction of sp³-hybridized carbons (Fsp3) is 0.745. The molecule has 1 unspecified atom stereocenters. The quantitative estimate of drug-likeness (QED) is 0.0910. The number of fused-ring (bicyclic) bond motifs is 3. The number of piperidine rings is 1. The summed E-state index contributed by atoms with van der Waals surface area (Å²) in [5.41, 5.74) is 12.3. The highest BCUT2D eigenvalue weighted by atomic mass is 31.2. The number of Topliss-reactive ketones (excluding diaryl/α,β-unsaturated/α-hetero) is 3. The minimum Gasteiger partial charge on any atom is -0.460 e. The normalized spacial score (nSPS) is 37.8. The molecule has 0 aromatic heterocycles. The zero-order valence-corrected chi connectivity index (χ0v) is 43.5. The Bertz CT molecular complexity index is 1950. The number of aliphatic hydroxyl groups is 2. The van der Waals surface area contributed by atoms with Crippen LogP contribution in [0.15, 0.2) is 47.6 Å². The van der Waals surface area contributed by atoms with Crippen molar-refractivity contribution in [3.05, 3.63) is 47.6 Å². The summed E-state index contributed by atoms with van der Waals surface area (Å²) >= 11 is 0. The Morgan fingerprint density at radius 2 is 1.58 bits per heavy atom. The van der Waals surface area contributed by atoms with E-state index >= 15 is 0 Å². The maximum Gasteiger partial charge on any atom is 0.335 e. The van der Waals surface area contributed by atoms with Crippen molar-refractivity contribution in [1.29, 1.82) is 0 Å². The Balaban J connectivity index is 1.70. The van der Waals surface area contributed by atoms with Crippen molar-refractivity contribution in [2.24, 2.45) is 46.5 Å². The lowest BCUT2D eigenvalue weighted by Crippen LogP contribution is -2.61. The van der Waals surface area contributed by atoms with E-state index in [9.17, 15) is 38.8 Å². The van der Waals surface area contributed by atoms with E-state index < -0.39 is 104 Å². The van der Waals surface area contributed by atoms with Crippen molar-refractivity contribution in [3.8, 4) is 0 Å². The van der Waals surface area contributed by atoms with Crippen LogP contribution in [0.5, 0.6) is 0 Å². The number of carbonyl (C=O) groups excluding carboxylic acids is 5. The number of hydrogen-bond acceptors (Lipinski definition) is 14. The van der Waals surface area contributed by atoms with Crippen LogP contribution < -0.4 is 11.0 Å². The first-order valence-corrected chi connectivity index (χ1v) is 26.5. The third-order valence-corrected chi connectivity index (χ3v) is 15.4. The molecule has 0 aromatic rings. The van der Waals surface area contributed by atoms with Crippen molar-refractivity contribution < 1.29 is 67.0 Å². The van der Waals surface area contributed by atoms with Crippen molar-refractivity contribution >= 4 is 36.9 Å². The first-order chi connectivity index (χ1) is 32.4. The fourth-order valence-electron chi connectivity index (χ4n) is 10.4. The van der Waals surface area contributed by atoms with Gasteiger partial charge in [0.25, 0.3) is 11.7 Å². The summed E-state index contributed by atoms with van der Waals surface area (Å²) in [6.45, 7) is 12.6. The maximum atomic E-state index is 14.5. The van der Waals surface area contributed by atoms with Gasteiger partial charge in [0.2, 0.25) is 5.79 Å². The number of ether oxygens (including phenoxy) is 5. The smallest absolute Gasteiger partial charge is 0.335 e. The molecule has 1 saturated carbocycles. The Hall–Kier alpha value is -3.22. The molecule has 0 radical (unpaired) electrons. The van der Waals surface area contributed by atoms with Crippen molar-refractivity contribution in [2.75, 3.05) is 27.9 Å². The second kappa shape index (κ2) is 26.5. The number of allylic oxidation sites excluding steroid dienone is 6. The van der Waals surface area contributed by atoms with E-state index in [0.717, 1.165) is 5.57 Å². The van der Waals surface area contributed by atoms with Crippen LogP contribution in [0.2, 0.25) is 0 Å². The van der Waals surface area contributed by atoms with E-state index in [4.69, 9.17) is 39.2 Å². The molecule has 390 valence electrons. The minimum absolute atomic E-state index is 0.00261. The Kier molecular flexibility index (Phi) is 22.4. The van der Waals surface area contributed by atoms with E-state index in [1.165, 1.54) is 19.1 Å². The monoisotopic (exact) mass is 992 g/mol. The molecule has 18 heteroatoms. The van der Waals surface area contributed by atoms with Crippen LogP contribution in [0.1, 0.15) is 126 Å². The van der Waals surface area contributed by atoms with Gasteiger partial charge in [0.1, 0.15) is 30.1 Å². The summed E-state index contributed by atoms with van der Waals surface area (Å²) in [5, 5.41) is 23.4. The van der Waals surface area contributed by atoms with Gasteiger partial charge in [0.05, 0.1) is 24.4 Å². The molecule has 69 heavy (non-hydrogen) atoms. The fourth-order valence-corrected chi connectivity index (χ4v) is 11.1. The number of cyclic esters (lactones) is 1. The van der Waals surface area contributed by atoms with Gasteiger partial charge in [0.15, 0.2) is 5.78 Å². The zero-order valence-electron chi connectivity index (χ0n) is 42.6. The highest BCUT2D eigenvalue weighted by Crippen LogP contribution is 2.41. The molecule has 4 rings (SSSR count). The lowest BCUT2D eigenvalue weighted by Gasteiger charge is -2.42. The average Bonchev–Trinajstić information content (AvgIpc) is 3.30. The van der Waals surface area contributed by atoms with Crippen molar-refractivity contribution in [1.82, 2.24) is 4.90 Å². The molecule has 3 aliphatic heterocycles. The molecule has 1 amide bonds. The number of carbonyl (C=O) groups is 5. The van der Waals surface area contributed by atoms with Crippen LogP contribution >= 0.6 is 7.67 Å². The van der Waals surface area contributed by atoms with E-state index in [1.807, 2.05) is 51.2 Å². The second-order valence-corrected chi connectivity index (χ2v) is 21.8. The van der Waals surface area contributed by atoms with Gasteiger partial charge in [-0.3, -0.25) is 23.7 Å². The third-order valence-electron chi connectivity index (χ3n) is 14.8. The predicted octanol–water partition coefficient (Wildman–Crippen LogP) is 6.23. The number of ketones is 3. The summed E-state index contributed by atoms with van der Waals surface area (Å²) in [6.07, 6.45) is 10.2. The predicted molar refractivity (Wildman–Crippen MR) is 260 cm³/mol. The molecule has 0 aromatic carbocycles. The highest BCUT2D eigenvalue weighted by Gasteiger charge is 2.53. The molecule has 3 fully saturated rings. The van der Waals surface area contributed by atoms with Gasteiger partial charge in [-0.25, -0.2) is 15.8 Å². The van der Waals surface area contributed by atoms with Gasteiger partial charge in [-0.05, 0) is 107 Å². The van der Waals surface area contributed by atoms with Crippen molar-refractivity contribution in [3.63, 3.8) is 0 Å². The van der Waals surface area contributed by atoms with Gasteiger partial charge >= 0.3 is 13.6 Å². The Labute approximate surface area is 409 Å². The molecule has 6 N–H and O–H groups in total. The number of rotatable bonds is 8. The largest absolute Gasteiger partial charge is 0.460 e. The van der Waals surface area contributed by atoms with E-state index in [1.54, 1.807) is 40.9 Å². The molecule has 2 saturated heterocycles. The van der Waals surface area contributed by atoms with Crippen LogP contribution in [0.25, 0.3) is 0 Å². The average molecular weight is 992 g/mol. The van der Waals surface area contributed by atoms with Gasteiger partial charge < -0.3 is 43.3 Å². The first kappa shape index (κ1) is 58.4. The molecule has 0 spiro atoms. The number of nitrogens with zero attached hydrogens (tertiary/aromatic N) is 1. The summed E-state index contributed by atoms with van der Waals surface area (Å²) in [7, 11) is 0.659. The van der Waals surface area contributed by atoms with Gasteiger partial charge in [-0.15, -0.1) is 0 Å². The van der Waals surface area contributed by atoms with Gasteiger partial charge in [0, 0.05) is 58.5 Å². The molecule has 17 nitrogen and oxygen atoms in total. The van der Waals surface area contributed by atoms with E-state index in [2.05, 4.69) is 0 Å². The Morgan fingerprint density at radius 1 is 0.870 bits per heavy atom. The summed E-state index contributed by atoms with van der Waals surface area (Å²) < 4.78 is 47.1. The third kappa shape index (κ3) is 16.1. The lowest BCUT2D eigenvalue weighted by molar-refractivity contribution is -0.265. The molecule has 15 atom stereocenters. The van der Waals surface area contributed by atoms with Crippen LogP contribution in [0.3, 0.4) is 0 Å². The Morgan fingerprint density at radius 3 is 2.23 bits per heavy atom. The SMILES string of the molecule is CO[C@H]1C[C@@H]2CC[C@@H](C)[C@@](O)(O2)C(=O)C(=O)N2CCCCC2C(=O)O[C@H]([C@H](C)C[C@@H]2CC[C@@H](OP(N)(N)=O)[C@H](OC)C2)CC(=O)[C@H](C)/C=C(\C)[C@@H](O)[C@@H](OC)C(=O)[C@H](C)C[C@H](C)/C=C/C=CC=C1C. The summed E-state index contributed by atoms with van der Waals surface area (Å²) in [5.74, 6) is -8.41. The van der Waals surface area contributed by atoms with Gasteiger partial charge in [-0.1, -0.05) is 71.1 Å². The van der Waals surface area contributed by atoms with Crippen LogP contribution in [-0.4, -0.2) is 127 Å². The van der Waals surface area contributed by atoms with E-state index in [0.29, 0.717) is 69.8 Å². The maximum absolute atomic E-state index is 14.5. The molecule has 4 aliphatic rings. The zero-order chi connectivity index (χ0) is 51.4. The number of aliphatic hydroxyl groups excluding tert-OH is 1. The molecule has 1 aliphatic carbocycles. The van der Waals surface area contributed by atoms with Crippen LogP contribution in [0.4, 0.5) is 0 Å². The molecule has 2 bridgehead atoms. The summed E-state index contributed by atoms with van der Waals surface area (Å²) in [4.78, 5) is 72.1. The number of methoxy groups -OCH3 is 3. The van der Waals surface area contributed by atoms with E-state index in [-0.39, 0.29) is 42.8 Å². The highest BCUT2D eigenvalue weighted by molar-refractivity contribution is 7.53. The molecule has 3 heterocycles. The first-order valence-electron chi connectivity index (χ1n) is 24.8. The molecular weight excluding hydrogens is 910 g/mol. The number of nitrogens with two attached hydrogens (primary N) is 2.